The minimum Gasteiger partial charge on any atom is -0.385 e. The van der Waals surface area contributed by atoms with Crippen LogP contribution >= 0.6 is 11.8 Å². The summed E-state index contributed by atoms with van der Waals surface area (Å²) in [6.07, 6.45) is 7.69. The number of ether oxygens (including phenoxy) is 3. The largest absolute Gasteiger partial charge is 0.385 e. The molecule has 4 nitrogen and oxygen atoms in total. The van der Waals surface area contributed by atoms with Crippen molar-refractivity contribution in [3.63, 3.8) is 0 Å². The Morgan fingerprint density at radius 2 is 0.977 bits per heavy atom. The maximum atomic E-state index is 5.17. The molecule has 5 heteroatoms. The number of methoxy groups -OCH3 is 3. The molecule has 0 heterocycles. The van der Waals surface area contributed by atoms with Crippen LogP contribution in [0.15, 0.2) is 30.3 Å². The number of benzene rings is 1. The lowest BCUT2D eigenvalue weighted by molar-refractivity contribution is 0.111. The van der Waals surface area contributed by atoms with Crippen LogP contribution in [0.4, 0.5) is 0 Å². The first-order valence-electron chi connectivity index (χ1n) is 12.5. The van der Waals surface area contributed by atoms with Gasteiger partial charge in [0.15, 0.2) is 0 Å². The van der Waals surface area contributed by atoms with E-state index >= 15 is 0 Å². The number of rotatable bonds is 9. The molecule has 0 fully saturated rings. The lowest BCUT2D eigenvalue weighted by atomic mass is 10.1. The maximum Gasteiger partial charge on any atom is 0.0546 e. The van der Waals surface area contributed by atoms with E-state index in [2.05, 4.69) is 75.2 Å². The first kappa shape index (κ1) is 96.8. The first-order valence-corrected chi connectivity index (χ1v) is 13.9. The van der Waals surface area contributed by atoms with Crippen LogP contribution in [0.5, 0.6) is 0 Å². The van der Waals surface area contributed by atoms with Crippen molar-refractivity contribution in [2.75, 3.05) is 53.5 Å². The topological polar surface area (TPSA) is 39.7 Å². The van der Waals surface area contributed by atoms with Crippen LogP contribution in [-0.2, 0) is 20.6 Å². The zero-order chi connectivity index (χ0) is 26.8. The summed E-state index contributed by atoms with van der Waals surface area (Å²) < 4.78 is 14.5. The van der Waals surface area contributed by atoms with Crippen molar-refractivity contribution >= 4 is 11.8 Å². The van der Waals surface area contributed by atoms with Crippen molar-refractivity contribution in [1.29, 1.82) is 0 Å². The van der Waals surface area contributed by atoms with Crippen LogP contribution in [0.2, 0.25) is 0 Å². The monoisotopic (exact) mass is 652 g/mol. The zero-order valence-electron chi connectivity index (χ0n) is 24.6. The molecule has 1 N–H and O–H groups in total. The van der Waals surface area contributed by atoms with Gasteiger partial charge >= 0.3 is 0 Å². The van der Waals surface area contributed by atoms with Crippen molar-refractivity contribution in [2.45, 2.75) is 168 Å². The molecule has 1 aromatic carbocycles. The highest BCUT2D eigenvalue weighted by molar-refractivity contribution is 7.98. The molecule has 1 rings (SSSR count). The molecule has 0 bridgehead atoms. The van der Waals surface area contributed by atoms with E-state index in [1.54, 1.807) is 21.3 Å². The number of hydrogen-bond acceptors (Lipinski definition) is 5. The molecule has 0 spiro atoms. The Morgan fingerprint density at radius 1 is 0.674 bits per heavy atom. The zero-order valence-corrected chi connectivity index (χ0v) is 25.4. The van der Waals surface area contributed by atoms with Crippen LogP contribution in [0.25, 0.3) is 0 Å². The summed E-state index contributed by atoms with van der Waals surface area (Å²) in [4.78, 5) is 0. The summed E-state index contributed by atoms with van der Waals surface area (Å²) >= 11 is 1.86. The third kappa shape index (κ3) is 154. The predicted molar refractivity (Wildman–Crippen MR) is 222 cm³/mol. The fraction of sp³-hybridized carbons (Fsp3) is 0.842. The van der Waals surface area contributed by atoms with E-state index in [1.807, 2.05) is 45.6 Å². The van der Waals surface area contributed by atoms with E-state index in [9.17, 15) is 0 Å². The average Bonchev–Trinajstić information content (AvgIpc) is 2.88. The second-order valence-electron chi connectivity index (χ2n) is 7.22. The third-order valence-corrected chi connectivity index (χ3v) is 4.56. The van der Waals surface area contributed by atoms with Crippen LogP contribution in [-0.4, -0.2) is 65.7 Å². The predicted octanol–water partition coefficient (Wildman–Crippen LogP) is 14.1. The summed E-state index contributed by atoms with van der Waals surface area (Å²) in [6, 6.07) is 10.5. The number of hydrogen-bond donors (Lipinski definition) is 1. The summed E-state index contributed by atoms with van der Waals surface area (Å²) in [6.45, 7) is 18.5. The average molecular weight is 652 g/mol. The van der Waals surface area contributed by atoms with E-state index in [-0.39, 0.29) is 74.3 Å². The Bertz CT molecular complexity index is 357. The lowest BCUT2D eigenvalue weighted by Gasteiger charge is -2.08. The first-order chi connectivity index (χ1) is 15.8. The molecule has 0 aromatic heterocycles. The molecule has 1 atom stereocenters. The summed E-state index contributed by atoms with van der Waals surface area (Å²) in [5.41, 5.74) is 1.39. The fourth-order valence-electron chi connectivity index (χ4n) is 1.13. The Kier molecular flexibility index (Phi) is 236. The number of aryl methyl sites for hydroxylation is 1. The van der Waals surface area contributed by atoms with Gasteiger partial charge in [-0.1, -0.05) is 145 Å². The minimum atomic E-state index is 0. The van der Waals surface area contributed by atoms with Crippen molar-refractivity contribution in [1.82, 2.24) is 5.32 Å². The molecule has 0 radical (unpaired) electrons. The van der Waals surface area contributed by atoms with Gasteiger partial charge in [-0.15, -0.1) is 0 Å². The molecular formula is C38H101NO3S. The minimum absolute atomic E-state index is 0. The highest BCUT2D eigenvalue weighted by atomic mass is 32.2. The van der Waals surface area contributed by atoms with E-state index in [0.29, 0.717) is 12.2 Å². The summed E-state index contributed by atoms with van der Waals surface area (Å²) in [5.74, 6) is 1.24. The fourth-order valence-corrected chi connectivity index (χ4v) is 1.13. The van der Waals surface area contributed by atoms with E-state index in [1.165, 1.54) is 24.2 Å². The Morgan fingerprint density at radius 3 is 1.14 bits per heavy atom. The van der Waals surface area contributed by atoms with Gasteiger partial charge in [0, 0.05) is 27.9 Å². The second-order valence-corrected chi connectivity index (χ2v) is 8.37. The molecule has 0 amide bonds. The van der Waals surface area contributed by atoms with Gasteiger partial charge in [-0.05, 0) is 71.7 Å². The molecule has 0 aliphatic rings. The van der Waals surface area contributed by atoms with Gasteiger partial charge in [0.2, 0.25) is 0 Å². The van der Waals surface area contributed by atoms with Gasteiger partial charge in [0.25, 0.3) is 0 Å². The number of unbranched alkanes of at least 4 members (excludes halogenated alkanes) is 1. The quantitative estimate of drug-likeness (QED) is 0.288. The van der Waals surface area contributed by atoms with Gasteiger partial charge in [0.1, 0.15) is 0 Å². The third-order valence-electron chi connectivity index (χ3n) is 3.99. The molecule has 1 aromatic rings. The molecule has 0 aliphatic heterocycles. The van der Waals surface area contributed by atoms with Gasteiger partial charge in [-0.25, -0.2) is 0 Å². The van der Waals surface area contributed by atoms with Gasteiger partial charge in [-0.2, -0.15) is 11.8 Å². The highest BCUT2D eigenvalue weighted by Gasteiger charge is 1.98. The molecule has 43 heavy (non-hydrogen) atoms. The maximum absolute atomic E-state index is 5.17. The normalized spacial score (nSPS) is 7.49. The Hall–Kier alpha value is -0.590. The second kappa shape index (κ2) is 105. The van der Waals surface area contributed by atoms with E-state index in [4.69, 9.17) is 9.47 Å². The van der Waals surface area contributed by atoms with Crippen molar-refractivity contribution in [3.8, 4) is 0 Å². The summed E-state index contributed by atoms with van der Waals surface area (Å²) in [7, 11) is 7.07. The van der Waals surface area contributed by atoms with Gasteiger partial charge in [-0.3, -0.25) is 0 Å². The molecular weight excluding hydrogens is 550 g/mol. The van der Waals surface area contributed by atoms with Gasteiger partial charge in [0.05, 0.1) is 12.2 Å². The molecule has 1 unspecified atom stereocenters. The van der Waals surface area contributed by atoms with Crippen LogP contribution in [0.1, 0.15) is 154 Å². The number of thioether (sulfide) groups is 1. The molecule has 282 valence electrons. The molecule has 0 saturated carbocycles. The van der Waals surface area contributed by atoms with E-state index < -0.39 is 0 Å². The Labute approximate surface area is 287 Å². The van der Waals surface area contributed by atoms with Crippen molar-refractivity contribution < 1.29 is 14.2 Å². The van der Waals surface area contributed by atoms with Crippen LogP contribution in [0, 0.1) is 0 Å². The van der Waals surface area contributed by atoms with Gasteiger partial charge < -0.3 is 19.5 Å². The Balaban J connectivity index is -0.0000000172. The smallest absolute Gasteiger partial charge is 0.0546 e. The number of nitrogens with one attached hydrogen (secondary N) is 1. The standard InChI is InChI=1S/C11H16O.C4H10O.C4H10.C3H9N.C3H8O.C3H8S.10CH4/c1-10(12-2)8-9-11-6-4-3-5-7-11;1-4(2)5-3;4*1-3-4-2;;;;;;;;;;/h3-7,10H,8-9H2,1-2H3;4H,1-3H3;3-4H2,1-2H3;4H,3H2,1-2H3;2*3H2,1-2H3;10*1H4. The van der Waals surface area contributed by atoms with Crippen LogP contribution in [0.3, 0.4) is 0 Å². The molecule has 0 aliphatic carbocycles. The van der Waals surface area contributed by atoms with Crippen molar-refractivity contribution in [2.24, 2.45) is 0 Å². The molecule has 0 saturated heterocycles. The van der Waals surface area contributed by atoms with Crippen molar-refractivity contribution in [3.05, 3.63) is 35.9 Å². The van der Waals surface area contributed by atoms with Crippen LogP contribution < -0.4 is 5.32 Å². The SMILES string of the molecule is C.C.C.C.C.C.C.C.C.C.CCCC.CCNC.CCOC.CCSC.COC(C)C.COC(C)CCc1ccccc1. The highest BCUT2D eigenvalue weighted by Crippen LogP contribution is 2.05. The lowest BCUT2D eigenvalue weighted by Crippen LogP contribution is -2.05. The summed E-state index contributed by atoms with van der Waals surface area (Å²) in [5, 5.41) is 2.93. The van der Waals surface area contributed by atoms with E-state index in [0.717, 1.165) is 26.0 Å².